The lowest BCUT2D eigenvalue weighted by molar-refractivity contribution is -0.384. The highest BCUT2D eigenvalue weighted by Crippen LogP contribution is 2.27. The Labute approximate surface area is 198 Å². The average Bonchev–Trinajstić information content (AvgIpc) is 3.27. The van der Waals surface area contributed by atoms with Crippen LogP contribution in [0.4, 0.5) is 10.8 Å². The number of nitrogens with zero attached hydrogens (tertiary/aromatic N) is 2. The van der Waals surface area contributed by atoms with Gasteiger partial charge in [-0.3, -0.25) is 25.0 Å². The number of carbonyl (C=O) groups excluding carboxylic acids is 3. The summed E-state index contributed by atoms with van der Waals surface area (Å²) in [6, 6.07) is 14.8. The van der Waals surface area contributed by atoms with Crippen LogP contribution >= 0.6 is 11.3 Å². The highest BCUT2D eigenvalue weighted by Gasteiger charge is 2.22. The molecule has 3 rings (SSSR count). The molecule has 1 aromatic heterocycles. The van der Waals surface area contributed by atoms with Crippen molar-refractivity contribution in [1.82, 2.24) is 10.3 Å². The first-order chi connectivity index (χ1) is 16.2. The Kier molecular flexibility index (Phi) is 7.83. The van der Waals surface area contributed by atoms with Crippen LogP contribution < -0.4 is 10.6 Å². The smallest absolute Gasteiger partial charge is 0.355 e. The number of anilines is 1. The Morgan fingerprint density at radius 2 is 1.88 bits per heavy atom. The first kappa shape index (κ1) is 24.3. The molecule has 3 aromatic rings. The molecule has 0 saturated heterocycles. The molecule has 10 nitrogen and oxygen atoms in total. The van der Waals surface area contributed by atoms with E-state index < -0.39 is 28.8 Å². The van der Waals surface area contributed by atoms with Gasteiger partial charge in [0.2, 0.25) is 5.91 Å². The van der Waals surface area contributed by atoms with Crippen molar-refractivity contribution < 1.29 is 24.0 Å². The molecule has 1 atom stereocenters. The molecule has 0 bridgehead atoms. The van der Waals surface area contributed by atoms with Crippen molar-refractivity contribution in [3.8, 4) is 11.3 Å². The zero-order valence-electron chi connectivity index (χ0n) is 18.2. The number of hydrogen-bond donors (Lipinski definition) is 2. The fourth-order valence-corrected chi connectivity index (χ4v) is 3.50. The number of thiazole rings is 1. The van der Waals surface area contributed by atoms with Gasteiger partial charge in [0, 0.05) is 30.0 Å². The number of ether oxygens (including phenoxy) is 1. The van der Waals surface area contributed by atoms with E-state index in [2.05, 4.69) is 15.6 Å². The molecule has 0 radical (unpaired) electrons. The third-order valence-corrected chi connectivity index (χ3v) is 5.14. The van der Waals surface area contributed by atoms with E-state index in [1.54, 1.807) is 41.8 Å². The summed E-state index contributed by atoms with van der Waals surface area (Å²) < 4.78 is 5.22. The van der Waals surface area contributed by atoms with E-state index in [-0.39, 0.29) is 16.5 Å². The molecule has 1 heterocycles. The van der Waals surface area contributed by atoms with E-state index in [4.69, 9.17) is 4.74 Å². The van der Waals surface area contributed by atoms with Crippen LogP contribution in [0.25, 0.3) is 17.3 Å². The summed E-state index contributed by atoms with van der Waals surface area (Å²) in [6.07, 6.45) is 0.256. The second kappa shape index (κ2) is 11.0. The van der Waals surface area contributed by atoms with Crippen molar-refractivity contribution in [2.24, 2.45) is 0 Å². The fraction of sp³-hybridized carbons (Fsp3) is 0.130. The topological polar surface area (TPSA) is 141 Å². The van der Waals surface area contributed by atoms with Gasteiger partial charge in [-0.1, -0.05) is 42.5 Å². The molecule has 11 heteroatoms. The van der Waals surface area contributed by atoms with Crippen LogP contribution in [-0.4, -0.2) is 33.8 Å². The molecule has 2 amide bonds. The number of hydrogen-bond acceptors (Lipinski definition) is 8. The second-order valence-corrected chi connectivity index (χ2v) is 7.89. The van der Waals surface area contributed by atoms with Crippen LogP contribution in [0, 0.1) is 10.1 Å². The monoisotopic (exact) mass is 480 g/mol. The van der Waals surface area contributed by atoms with Crippen LogP contribution in [0.3, 0.4) is 0 Å². The van der Waals surface area contributed by atoms with Gasteiger partial charge in [0.05, 0.1) is 10.6 Å². The molecule has 2 aromatic carbocycles. The van der Waals surface area contributed by atoms with Crippen LogP contribution in [0.1, 0.15) is 19.4 Å². The highest BCUT2D eigenvalue weighted by molar-refractivity contribution is 7.14. The van der Waals surface area contributed by atoms with Crippen molar-refractivity contribution in [3.05, 3.63) is 81.4 Å². The van der Waals surface area contributed by atoms with Crippen LogP contribution in [0.5, 0.6) is 0 Å². The van der Waals surface area contributed by atoms with E-state index >= 15 is 0 Å². The highest BCUT2D eigenvalue weighted by atomic mass is 32.1. The predicted octanol–water partition coefficient (Wildman–Crippen LogP) is 3.77. The molecular formula is C23H20N4O6S. The number of carbonyl (C=O) groups is 3. The van der Waals surface area contributed by atoms with Gasteiger partial charge in [-0.25, -0.2) is 9.78 Å². The quantitative estimate of drug-likeness (QED) is 0.216. The summed E-state index contributed by atoms with van der Waals surface area (Å²) in [5.74, 6) is -1.97. The Hall–Kier alpha value is -4.38. The third-order valence-electron chi connectivity index (χ3n) is 4.38. The maximum Gasteiger partial charge on any atom is 0.355 e. The zero-order valence-corrected chi connectivity index (χ0v) is 19.0. The number of nitro benzene ring substituents is 1. The summed E-state index contributed by atoms with van der Waals surface area (Å²) in [7, 11) is 0. The van der Waals surface area contributed by atoms with E-state index in [1.165, 1.54) is 32.1 Å². The third kappa shape index (κ3) is 6.56. The standard InChI is InChI=1S/C23H20N4O6S/c1-14(33-22(30)19(24-15(2)28)11-16-7-4-3-5-8-16)21(29)26-23-25-20(13-34-23)17-9-6-10-18(12-17)27(31)32/h3-14H,1-2H3,(H,24,28)(H,25,26,29)/b19-11-. The van der Waals surface area contributed by atoms with E-state index in [1.807, 2.05) is 6.07 Å². The van der Waals surface area contributed by atoms with Gasteiger partial charge in [0.15, 0.2) is 11.2 Å². The summed E-state index contributed by atoms with van der Waals surface area (Å²) >= 11 is 1.12. The maximum absolute atomic E-state index is 12.6. The molecule has 0 spiro atoms. The maximum atomic E-state index is 12.6. The molecule has 0 aliphatic carbocycles. The van der Waals surface area contributed by atoms with Crippen LogP contribution in [-0.2, 0) is 19.1 Å². The van der Waals surface area contributed by atoms with Gasteiger partial charge in [-0.15, -0.1) is 11.3 Å². The molecule has 0 saturated carbocycles. The van der Waals surface area contributed by atoms with Crippen molar-refractivity contribution >= 4 is 46.0 Å². The number of esters is 1. The minimum absolute atomic E-state index is 0.0739. The number of non-ortho nitro benzene ring substituents is 1. The van der Waals surface area contributed by atoms with Gasteiger partial charge in [-0.05, 0) is 18.6 Å². The Morgan fingerprint density at radius 3 is 2.56 bits per heavy atom. The van der Waals surface area contributed by atoms with Gasteiger partial charge < -0.3 is 10.1 Å². The molecule has 0 aliphatic rings. The van der Waals surface area contributed by atoms with E-state index in [0.717, 1.165) is 11.3 Å². The first-order valence-corrected chi connectivity index (χ1v) is 10.9. The summed E-state index contributed by atoms with van der Waals surface area (Å²) in [6.45, 7) is 2.64. The number of rotatable bonds is 8. The van der Waals surface area contributed by atoms with Crippen LogP contribution in [0.2, 0.25) is 0 Å². The number of nitrogens with one attached hydrogen (secondary N) is 2. The SMILES string of the molecule is CC(=O)N/C(=C\c1ccccc1)C(=O)OC(C)C(=O)Nc1nc(-c2cccc([N+](=O)[O-])c2)cs1. The molecular weight excluding hydrogens is 460 g/mol. The number of amides is 2. The lowest BCUT2D eigenvalue weighted by atomic mass is 10.1. The van der Waals surface area contributed by atoms with Gasteiger partial charge in [0.1, 0.15) is 5.70 Å². The number of benzene rings is 2. The summed E-state index contributed by atoms with van der Waals surface area (Å²) in [5.41, 5.74) is 1.45. The largest absolute Gasteiger partial charge is 0.448 e. The van der Waals surface area contributed by atoms with Crippen molar-refractivity contribution in [2.75, 3.05) is 5.32 Å². The molecule has 0 aliphatic heterocycles. The Balaban J connectivity index is 1.67. The minimum Gasteiger partial charge on any atom is -0.448 e. The zero-order chi connectivity index (χ0) is 24.7. The van der Waals surface area contributed by atoms with Crippen molar-refractivity contribution in [2.45, 2.75) is 20.0 Å². The molecule has 174 valence electrons. The average molecular weight is 481 g/mol. The van der Waals surface area contributed by atoms with Gasteiger partial charge in [-0.2, -0.15) is 0 Å². The van der Waals surface area contributed by atoms with Crippen molar-refractivity contribution in [3.63, 3.8) is 0 Å². The second-order valence-electron chi connectivity index (χ2n) is 7.03. The van der Waals surface area contributed by atoms with Crippen LogP contribution in [0.15, 0.2) is 65.7 Å². The van der Waals surface area contributed by atoms with E-state index in [9.17, 15) is 24.5 Å². The molecule has 34 heavy (non-hydrogen) atoms. The van der Waals surface area contributed by atoms with E-state index in [0.29, 0.717) is 16.8 Å². The van der Waals surface area contributed by atoms with Crippen molar-refractivity contribution in [1.29, 1.82) is 0 Å². The summed E-state index contributed by atoms with van der Waals surface area (Å²) in [4.78, 5) is 51.3. The first-order valence-electron chi connectivity index (χ1n) is 9.99. The molecule has 0 fully saturated rings. The predicted molar refractivity (Wildman–Crippen MR) is 127 cm³/mol. The molecule has 2 N–H and O–H groups in total. The van der Waals surface area contributed by atoms with Gasteiger partial charge in [0.25, 0.3) is 11.6 Å². The fourth-order valence-electron chi connectivity index (χ4n) is 2.78. The normalized spacial score (nSPS) is 11.9. The molecule has 1 unspecified atom stereocenters. The Bertz CT molecular complexity index is 1260. The number of nitro groups is 1. The summed E-state index contributed by atoms with van der Waals surface area (Å²) in [5, 5.41) is 17.8. The Morgan fingerprint density at radius 1 is 1.15 bits per heavy atom. The number of aromatic nitrogens is 1. The lowest BCUT2D eigenvalue weighted by Gasteiger charge is -2.14. The van der Waals surface area contributed by atoms with Gasteiger partial charge >= 0.3 is 5.97 Å². The minimum atomic E-state index is -1.19. The lowest BCUT2D eigenvalue weighted by Crippen LogP contribution is -2.33.